The third-order valence-electron chi connectivity index (χ3n) is 5.33. The van der Waals surface area contributed by atoms with Crippen LogP contribution in [-0.2, 0) is 9.59 Å². The molecule has 2 aromatic carbocycles. The van der Waals surface area contributed by atoms with Crippen LogP contribution in [0.25, 0.3) is 0 Å². The smallest absolute Gasteiger partial charge is 0.229 e. The van der Waals surface area contributed by atoms with E-state index in [1.54, 1.807) is 11.0 Å². The van der Waals surface area contributed by atoms with Crippen molar-refractivity contribution in [3.63, 3.8) is 0 Å². The molecule has 28 heavy (non-hydrogen) atoms. The van der Waals surface area contributed by atoms with E-state index >= 15 is 0 Å². The van der Waals surface area contributed by atoms with E-state index in [2.05, 4.69) is 26.1 Å². The van der Waals surface area contributed by atoms with E-state index in [0.29, 0.717) is 5.69 Å². The molecule has 2 aliphatic rings. The van der Waals surface area contributed by atoms with E-state index < -0.39 is 11.7 Å². The molecule has 1 unspecified atom stereocenters. The molecule has 1 N–H and O–H groups in total. The SMILES string of the molecule is O=C(Nc1c(F)cccc1N1CCCC1)C1CC(=O)N(c2ccccc2Br)C1. The summed E-state index contributed by atoms with van der Waals surface area (Å²) >= 11 is 3.45. The Bertz CT molecular complexity index is 914. The molecule has 146 valence electrons. The van der Waals surface area contributed by atoms with Crippen LogP contribution in [0.15, 0.2) is 46.9 Å². The summed E-state index contributed by atoms with van der Waals surface area (Å²) in [5.41, 5.74) is 1.66. The third-order valence-corrected chi connectivity index (χ3v) is 6.00. The van der Waals surface area contributed by atoms with Gasteiger partial charge in [0.2, 0.25) is 11.8 Å². The molecule has 2 heterocycles. The Morgan fingerprint density at radius 1 is 1.07 bits per heavy atom. The summed E-state index contributed by atoms with van der Waals surface area (Å²) in [4.78, 5) is 29.0. The lowest BCUT2D eigenvalue weighted by Crippen LogP contribution is -2.29. The maximum Gasteiger partial charge on any atom is 0.229 e. The van der Waals surface area contributed by atoms with Crippen LogP contribution in [0.2, 0.25) is 0 Å². The molecule has 5 nitrogen and oxygen atoms in total. The van der Waals surface area contributed by atoms with Gasteiger partial charge in [0.05, 0.1) is 17.3 Å². The molecule has 0 bridgehead atoms. The summed E-state index contributed by atoms with van der Waals surface area (Å²) in [6.07, 6.45) is 2.23. The highest BCUT2D eigenvalue weighted by Gasteiger charge is 2.36. The van der Waals surface area contributed by atoms with Gasteiger partial charge in [-0.3, -0.25) is 9.59 Å². The Balaban J connectivity index is 1.52. The Hall–Kier alpha value is -2.41. The highest BCUT2D eigenvalue weighted by Crippen LogP contribution is 2.34. The minimum absolute atomic E-state index is 0.111. The maximum atomic E-state index is 14.5. The van der Waals surface area contributed by atoms with Crippen molar-refractivity contribution in [3.05, 3.63) is 52.8 Å². The number of nitrogens with one attached hydrogen (secondary N) is 1. The molecular formula is C21H21BrFN3O2. The van der Waals surface area contributed by atoms with Gasteiger partial charge in [0, 0.05) is 30.5 Å². The molecule has 2 fully saturated rings. The summed E-state index contributed by atoms with van der Waals surface area (Å²) in [6.45, 7) is 1.98. The zero-order chi connectivity index (χ0) is 19.7. The number of rotatable bonds is 4. The highest BCUT2D eigenvalue weighted by molar-refractivity contribution is 9.10. The summed E-state index contributed by atoms with van der Waals surface area (Å²) in [5.74, 6) is -1.41. The molecule has 0 radical (unpaired) electrons. The molecule has 0 aromatic heterocycles. The third kappa shape index (κ3) is 3.63. The standard InChI is InChI=1S/C21H21BrFN3O2/c22-15-6-1-2-8-17(15)26-13-14(12-19(26)27)21(28)24-20-16(23)7-5-9-18(20)25-10-3-4-11-25/h1-2,5-9,14H,3-4,10-13H2,(H,24,28). The van der Waals surface area contributed by atoms with Crippen molar-refractivity contribution in [2.24, 2.45) is 5.92 Å². The van der Waals surface area contributed by atoms with Gasteiger partial charge in [-0.25, -0.2) is 4.39 Å². The second-order valence-corrected chi connectivity index (χ2v) is 8.03. The fourth-order valence-corrected chi connectivity index (χ4v) is 4.37. The first kappa shape index (κ1) is 18.9. The van der Waals surface area contributed by atoms with Gasteiger partial charge in [-0.15, -0.1) is 0 Å². The van der Waals surface area contributed by atoms with Crippen LogP contribution in [0.5, 0.6) is 0 Å². The molecule has 4 rings (SSSR count). The Morgan fingerprint density at radius 2 is 1.79 bits per heavy atom. The number of carbonyl (C=O) groups is 2. The van der Waals surface area contributed by atoms with E-state index in [-0.39, 0.29) is 30.5 Å². The van der Waals surface area contributed by atoms with Crippen molar-refractivity contribution in [2.75, 3.05) is 34.8 Å². The van der Waals surface area contributed by atoms with Gasteiger partial charge in [-0.2, -0.15) is 0 Å². The monoisotopic (exact) mass is 445 g/mol. The first-order valence-electron chi connectivity index (χ1n) is 9.44. The number of anilines is 3. The van der Waals surface area contributed by atoms with Crippen molar-refractivity contribution < 1.29 is 14.0 Å². The quantitative estimate of drug-likeness (QED) is 0.767. The number of carbonyl (C=O) groups excluding carboxylic acids is 2. The predicted octanol–water partition coefficient (Wildman–Crippen LogP) is 4.18. The van der Waals surface area contributed by atoms with Crippen LogP contribution >= 0.6 is 15.9 Å². The van der Waals surface area contributed by atoms with Crippen LogP contribution < -0.4 is 15.1 Å². The lowest BCUT2D eigenvalue weighted by atomic mass is 10.1. The average molecular weight is 446 g/mol. The van der Waals surface area contributed by atoms with Gasteiger partial charge in [-0.05, 0) is 53.0 Å². The molecule has 2 aromatic rings. The Labute approximate surface area is 171 Å². The molecule has 0 spiro atoms. The fraction of sp³-hybridized carbons (Fsp3) is 0.333. The van der Waals surface area contributed by atoms with Gasteiger partial charge in [0.1, 0.15) is 11.5 Å². The molecule has 0 aliphatic carbocycles. The number of nitrogens with zero attached hydrogens (tertiary/aromatic N) is 2. The zero-order valence-corrected chi connectivity index (χ0v) is 16.9. The summed E-state index contributed by atoms with van der Waals surface area (Å²) in [7, 11) is 0. The fourth-order valence-electron chi connectivity index (χ4n) is 3.87. The first-order valence-corrected chi connectivity index (χ1v) is 10.2. The van der Waals surface area contributed by atoms with Crippen molar-refractivity contribution >= 4 is 44.8 Å². The van der Waals surface area contributed by atoms with E-state index in [4.69, 9.17) is 0 Å². The molecule has 2 amide bonds. The average Bonchev–Trinajstić information content (AvgIpc) is 3.34. The van der Waals surface area contributed by atoms with Gasteiger partial charge in [0.25, 0.3) is 0 Å². The van der Waals surface area contributed by atoms with Crippen LogP contribution in [-0.4, -0.2) is 31.4 Å². The Morgan fingerprint density at radius 3 is 2.54 bits per heavy atom. The van der Waals surface area contributed by atoms with Gasteiger partial charge >= 0.3 is 0 Å². The van der Waals surface area contributed by atoms with Crippen molar-refractivity contribution in [2.45, 2.75) is 19.3 Å². The summed E-state index contributed by atoms with van der Waals surface area (Å²) < 4.78 is 15.3. The largest absolute Gasteiger partial charge is 0.370 e. The second-order valence-electron chi connectivity index (χ2n) is 7.17. The molecule has 0 saturated carbocycles. The molecule has 1 atom stereocenters. The van der Waals surface area contributed by atoms with Crippen LogP contribution in [0.4, 0.5) is 21.5 Å². The maximum absolute atomic E-state index is 14.5. The number of amides is 2. The van der Waals surface area contributed by atoms with E-state index in [9.17, 15) is 14.0 Å². The molecular weight excluding hydrogens is 425 g/mol. The Kier molecular flexibility index (Phi) is 5.35. The van der Waals surface area contributed by atoms with Crippen molar-refractivity contribution in [1.29, 1.82) is 0 Å². The van der Waals surface area contributed by atoms with Crippen LogP contribution in [0, 0.1) is 11.7 Å². The van der Waals surface area contributed by atoms with E-state index in [1.807, 2.05) is 30.3 Å². The van der Waals surface area contributed by atoms with Gasteiger partial charge in [0.15, 0.2) is 0 Å². The number of para-hydroxylation sites is 2. The highest BCUT2D eigenvalue weighted by atomic mass is 79.9. The van der Waals surface area contributed by atoms with Crippen molar-refractivity contribution in [3.8, 4) is 0 Å². The second kappa shape index (κ2) is 7.91. The molecule has 2 saturated heterocycles. The van der Waals surface area contributed by atoms with E-state index in [1.165, 1.54) is 6.07 Å². The summed E-state index contributed by atoms with van der Waals surface area (Å²) in [5, 5.41) is 2.76. The van der Waals surface area contributed by atoms with Gasteiger partial charge in [-0.1, -0.05) is 18.2 Å². The number of hydrogen-bond donors (Lipinski definition) is 1. The predicted molar refractivity (Wildman–Crippen MR) is 111 cm³/mol. The first-order chi connectivity index (χ1) is 13.5. The lowest BCUT2D eigenvalue weighted by Gasteiger charge is -2.23. The van der Waals surface area contributed by atoms with Crippen LogP contribution in [0.3, 0.4) is 0 Å². The minimum Gasteiger partial charge on any atom is -0.370 e. The van der Waals surface area contributed by atoms with Gasteiger partial charge < -0.3 is 15.1 Å². The normalized spacial score (nSPS) is 19.4. The van der Waals surface area contributed by atoms with Crippen molar-refractivity contribution in [1.82, 2.24) is 0 Å². The minimum atomic E-state index is -0.523. The molecule has 7 heteroatoms. The number of benzene rings is 2. The van der Waals surface area contributed by atoms with E-state index in [0.717, 1.165) is 36.1 Å². The van der Waals surface area contributed by atoms with Crippen LogP contribution in [0.1, 0.15) is 19.3 Å². The number of hydrogen-bond acceptors (Lipinski definition) is 3. The number of halogens is 2. The lowest BCUT2D eigenvalue weighted by molar-refractivity contribution is -0.122. The molecule has 2 aliphatic heterocycles. The summed E-state index contributed by atoms with van der Waals surface area (Å²) in [6, 6.07) is 12.3. The topological polar surface area (TPSA) is 52.7 Å². The zero-order valence-electron chi connectivity index (χ0n) is 15.3.